The molecule has 0 rings (SSSR count). The van der Waals surface area contributed by atoms with Crippen molar-refractivity contribution in [3.63, 3.8) is 0 Å². The predicted octanol–water partition coefficient (Wildman–Crippen LogP) is 2.82. The second kappa shape index (κ2) is 6.41. The van der Waals surface area contributed by atoms with E-state index >= 15 is 0 Å². The molecular formula is C12H21NO. The summed E-state index contributed by atoms with van der Waals surface area (Å²) in [5.41, 5.74) is 3.36. The Morgan fingerprint density at radius 3 is 2.21 bits per heavy atom. The van der Waals surface area contributed by atoms with E-state index in [1.54, 1.807) is 6.92 Å². The van der Waals surface area contributed by atoms with E-state index in [0.717, 1.165) is 19.4 Å². The first kappa shape index (κ1) is 12.9. The molecule has 0 aliphatic heterocycles. The van der Waals surface area contributed by atoms with Gasteiger partial charge in [-0.3, -0.25) is 4.79 Å². The normalized spacial score (nSPS) is 9.43. The van der Waals surface area contributed by atoms with Crippen LogP contribution in [0.15, 0.2) is 23.3 Å². The van der Waals surface area contributed by atoms with Gasteiger partial charge in [0, 0.05) is 12.1 Å². The molecular weight excluding hydrogens is 174 g/mol. The lowest BCUT2D eigenvalue weighted by Crippen LogP contribution is -2.24. The van der Waals surface area contributed by atoms with Gasteiger partial charge in [0.2, 0.25) is 5.91 Å². The molecule has 1 N–H and O–H groups in total. The van der Waals surface area contributed by atoms with Gasteiger partial charge in [-0.05, 0) is 40.5 Å². The van der Waals surface area contributed by atoms with Gasteiger partial charge in [-0.25, -0.2) is 0 Å². The number of amides is 1. The smallest absolute Gasteiger partial charge is 0.246 e. The lowest BCUT2D eigenvalue weighted by atomic mass is 10.1. The Labute approximate surface area is 87.1 Å². The molecule has 0 aliphatic carbocycles. The monoisotopic (exact) mass is 195 g/mol. The van der Waals surface area contributed by atoms with Crippen LogP contribution in [0.5, 0.6) is 0 Å². The maximum absolute atomic E-state index is 11.1. The van der Waals surface area contributed by atoms with Gasteiger partial charge in [-0.15, -0.1) is 0 Å². The van der Waals surface area contributed by atoms with Crippen LogP contribution in [-0.4, -0.2) is 12.5 Å². The van der Waals surface area contributed by atoms with Gasteiger partial charge in [-0.1, -0.05) is 17.7 Å². The highest BCUT2D eigenvalue weighted by molar-refractivity contribution is 5.91. The zero-order valence-electron chi connectivity index (χ0n) is 9.74. The summed E-state index contributed by atoms with van der Waals surface area (Å²) in [6.07, 6.45) is 2.05. The molecule has 0 aromatic rings. The molecule has 2 nitrogen and oxygen atoms in total. The quantitative estimate of drug-likeness (QED) is 0.408. The SMILES string of the molecule is C=C(C)C(=O)NCCCC(C)=C(C)C. The van der Waals surface area contributed by atoms with Gasteiger partial charge < -0.3 is 5.32 Å². The van der Waals surface area contributed by atoms with Crippen molar-refractivity contribution in [1.82, 2.24) is 5.32 Å². The third kappa shape index (κ3) is 5.57. The van der Waals surface area contributed by atoms with Gasteiger partial charge in [0.05, 0.1) is 0 Å². The molecule has 0 aromatic heterocycles. The largest absolute Gasteiger partial charge is 0.352 e. The van der Waals surface area contributed by atoms with Crippen LogP contribution in [0.2, 0.25) is 0 Å². The fraction of sp³-hybridized carbons (Fsp3) is 0.583. The van der Waals surface area contributed by atoms with Gasteiger partial charge in [-0.2, -0.15) is 0 Å². The molecule has 0 heterocycles. The fourth-order valence-electron chi connectivity index (χ4n) is 0.956. The van der Waals surface area contributed by atoms with E-state index in [-0.39, 0.29) is 5.91 Å². The van der Waals surface area contributed by atoms with E-state index in [9.17, 15) is 4.79 Å². The van der Waals surface area contributed by atoms with E-state index in [1.165, 1.54) is 11.1 Å². The molecule has 14 heavy (non-hydrogen) atoms. The van der Waals surface area contributed by atoms with Crippen molar-refractivity contribution in [2.45, 2.75) is 40.5 Å². The molecule has 0 atom stereocenters. The number of nitrogens with one attached hydrogen (secondary N) is 1. The molecule has 2 heteroatoms. The van der Waals surface area contributed by atoms with Crippen LogP contribution in [-0.2, 0) is 4.79 Å². The minimum absolute atomic E-state index is 0.0418. The molecule has 0 unspecified atom stereocenters. The fourth-order valence-corrected chi connectivity index (χ4v) is 0.956. The highest BCUT2D eigenvalue weighted by atomic mass is 16.1. The summed E-state index contributed by atoms with van der Waals surface area (Å²) in [4.78, 5) is 11.1. The number of carbonyl (C=O) groups excluding carboxylic acids is 1. The van der Waals surface area contributed by atoms with E-state index in [0.29, 0.717) is 5.57 Å². The van der Waals surface area contributed by atoms with Crippen LogP contribution >= 0.6 is 0 Å². The van der Waals surface area contributed by atoms with Crippen molar-refractivity contribution in [1.29, 1.82) is 0 Å². The summed E-state index contributed by atoms with van der Waals surface area (Å²) in [7, 11) is 0. The van der Waals surface area contributed by atoms with Crippen LogP contribution in [0.25, 0.3) is 0 Å². The van der Waals surface area contributed by atoms with Crippen LogP contribution in [0, 0.1) is 0 Å². The number of allylic oxidation sites excluding steroid dienone is 2. The maximum atomic E-state index is 11.1. The highest BCUT2D eigenvalue weighted by Crippen LogP contribution is 2.08. The molecule has 1 amide bonds. The molecule has 0 fully saturated rings. The Bertz CT molecular complexity index is 247. The third-order valence-corrected chi connectivity index (χ3v) is 2.26. The summed E-state index contributed by atoms with van der Waals surface area (Å²) in [6, 6.07) is 0. The van der Waals surface area contributed by atoms with Gasteiger partial charge in [0.1, 0.15) is 0 Å². The first-order valence-electron chi connectivity index (χ1n) is 5.01. The first-order chi connectivity index (χ1) is 6.45. The Morgan fingerprint density at radius 1 is 1.21 bits per heavy atom. The molecule has 0 bridgehead atoms. The minimum Gasteiger partial charge on any atom is -0.352 e. The zero-order chi connectivity index (χ0) is 11.1. The van der Waals surface area contributed by atoms with Crippen LogP contribution in [0.1, 0.15) is 40.5 Å². The summed E-state index contributed by atoms with van der Waals surface area (Å²) in [6.45, 7) is 12.4. The average Bonchev–Trinajstić information content (AvgIpc) is 2.11. The first-order valence-corrected chi connectivity index (χ1v) is 5.01. The molecule has 0 saturated carbocycles. The zero-order valence-corrected chi connectivity index (χ0v) is 9.74. The average molecular weight is 195 g/mol. The minimum atomic E-state index is -0.0418. The number of rotatable bonds is 5. The second-order valence-corrected chi connectivity index (χ2v) is 3.92. The molecule has 80 valence electrons. The van der Waals surface area contributed by atoms with Crippen molar-refractivity contribution in [3.05, 3.63) is 23.3 Å². The third-order valence-electron chi connectivity index (χ3n) is 2.26. The highest BCUT2D eigenvalue weighted by Gasteiger charge is 1.99. The molecule has 0 radical (unpaired) electrons. The van der Waals surface area contributed by atoms with Crippen molar-refractivity contribution in [2.24, 2.45) is 0 Å². The van der Waals surface area contributed by atoms with Gasteiger partial charge >= 0.3 is 0 Å². The van der Waals surface area contributed by atoms with Crippen LogP contribution < -0.4 is 5.32 Å². The Kier molecular flexibility index (Phi) is 5.93. The summed E-state index contributed by atoms with van der Waals surface area (Å²) < 4.78 is 0. The Balaban J connectivity index is 3.63. The molecule has 0 saturated heterocycles. The Morgan fingerprint density at radius 2 is 1.79 bits per heavy atom. The number of hydrogen-bond donors (Lipinski definition) is 1. The van der Waals surface area contributed by atoms with E-state index < -0.39 is 0 Å². The van der Waals surface area contributed by atoms with Crippen molar-refractivity contribution in [2.75, 3.05) is 6.54 Å². The summed E-state index contributed by atoms with van der Waals surface area (Å²) in [5, 5.41) is 2.82. The second-order valence-electron chi connectivity index (χ2n) is 3.92. The van der Waals surface area contributed by atoms with Crippen LogP contribution in [0.3, 0.4) is 0 Å². The molecule has 0 aliphatic rings. The molecule has 0 spiro atoms. The summed E-state index contributed by atoms with van der Waals surface area (Å²) in [5.74, 6) is -0.0418. The van der Waals surface area contributed by atoms with Crippen LogP contribution in [0.4, 0.5) is 0 Å². The maximum Gasteiger partial charge on any atom is 0.246 e. The number of hydrogen-bond acceptors (Lipinski definition) is 1. The van der Waals surface area contributed by atoms with Gasteiger partial charge in [0.25, 0.3) is 0 Å². The summed E-state index contributed by atoms with van der Waals surface area (Å²) >= 11 is 0. The van der Waals surface area contributed by atoms with Crippen molar-refractivity contribution >= 4 is 5.91 Å². The lowest BCUT2D eigenvalue weighted by Gasteiger charge is -2.05. The molecule has 0 aromatic carbocycles. The van der Waals surface area contributed by atoms with Gasteiger partial charge in [0.15, 0.2) is 0 Å². The topological polar surface area (TPSA) is 29.1 Å². The van der Waals surface area contributed by atoms with Crippen molar-refractivity contribution < 1.29 is 4.79 Å². The van der Waals surface area contributed by atoms with E-state index in [2.05, 4.69) is 32.7 Å². The van der Waals surface area contributed by atoms with E-state index in [1.807, 2.05) is 0 Å². The Hall–Kier alpha value is -1.05. The standard InChI is InChI=1S/C12H21NO/c1-9(2)11(5)7-6-8-13-12(14)10(3)4/h3,6-8H2,1-2,4-5H3,(H,13,14). The lowest BCUT2D eigenvalue weighted by molar-refractivity contribution is -0.117. The van der Waals surface area contributed by atoms with E-state index in [4.69, 9.17) is 0 Å². The van der Waals surface area contributed by atoms with Crippen molar-refractivity contribution in [3.8, 4) is 0 Å². The predicted molar refractivity (Wildman–Crippen MR) is 61.1 cm³/mol. The number of carbonyl (C=O) groups is 1.